The van der Waals surface area contributed by atoms with Gasteiger partial charge in [0.1, 0.15) is 5.75 Å². The molecule has 0 radical (unpaired) electrons. The average molecular weight is 296 g/mol. The Balaban J connectivity index is 1.77. The van der Waals surface area contributed by atoms with Gasteiger partial charge in [0.25, 0.3) is 5.91 Å². The summed E-state index contributed by atoms with van der Waals surface area (Å²) in [5, 5.41) is 3.97. The van der Waals surface area contributed by atoms with Crippen LogP contribution in [-0.2, 0) is 4.79 Å². The summed E-state index contributed by atoms with van der Waals surface area (Å²) in [6.45, 7) is 3.94. The molecule has 1 atom stereocenters. The van der Waals surface area contributed by atoms with Crippen LogP contribution in [0.3, 0.4) is 0 Å². The molecule has 22 heavy (non-hydrogen) atoms. The summed E-state index contributed by atoms with van der Waals surface area (Å²) in [5.74, 6) is 0.536. The Hall–Kier alpha value is -2.62. The fourth-order valence-corrected chi connectivity index (χ4v) is 1.95. The van der Waals surface area contributed by atoms with Crippen molar-refractivity contribution in [3.63, 3.8) is 0 Å². The van der Waals surface area contributed by atoms with Crippen molar-refractivity contribution in [3.05, 3.63) is 65.7 Å². The summed E-state index contributed by atoms with van der Waals surface area (Å²) in [5.41, 5.74) is 4.71. The van der Waals surface area contributed by atoms with E-state index >= 15 is 0 Å². The SMILES string of the molecule is Cc1cccc(OCC(=O)N/N=C\[C@H](C)c2ccccc2)c1. The zero-order valence-corrected chi connectivity index (χ0v) is 12.8. The number of rotatable bonds is 6. The molecule has 1 N–H and O–H groups in total. The van der Waals surface area contributed by atoms with Crippen molar-refractivity contribution < 1.29 is 9.53 Å². The first-order valence-electron chi connectivity index (χ1n) is 7.21. The lowest BCUT2D eigenvalue weighted by molar-refractivity contribution is -0.123. The first-order valence-corrected chi connectivity index (χ1v) is 7.21. The van der Waals surface area contributed by atoms with E-state index in [-0.39, 0.29) is 18.4 Å². The van der Waals surface area contributed by atoms with E-state index in [1.807, 2.05) is 68.4 Å². The van der Waals surface area contributed by atoms with Crippen molar-refractivity contribution in [1.82, 2.24) is 5.43 Å². The predicted molar refractivity (Wildman–Crippen MR) is 88.2 cm³/mol. The summed E-state index contributed by atoms with van der Waals surface area (Å²) in [4.78, 5) is 11.7. The van der Waals surface area contributed by atoms with E-state index in [2.05, 4.69) is 10.5 Å². The summed E-state index contributed by atoms with van der Waals surface area (Å²) in [6, 6.07) is 17.6. The third-order valence-electron chi connectivity index (χ3n) is 3.17. The van der Waals surface area contributed by atoms with Gasteiger partial charge >= 0.3 is 0 Å². The van der Waals surface area contributed by atoms with Crippen LogP contribution in [0, 0.1) is 6.92 Å². The van der Waals surface area contributed by atoms with Crippen molar-refractivity contribution in [2.75, 3.05) is 6.61 Å². The van der Waals surface area contributed by atoms with Gasteiger partial charge in [-0.05, 0) is 30.2 Å². The standard InChI is InChI=1S/C18H20N2O2/c1-14-7-6-10-17(11-14)22-13-18(21)20-19-12-15(2)16-8-4-3-5-9-16/h3-12,15H,13H2,1-2H3,(H,20,21)/b19-12-/t15-/m0/s1. The number of hydrogen-bond acceptors (Lipinski definition) is 3. The molecule has 0 aliphatic carbocycles. The minimum Gasteiger partial charge on any atom is -0.484 e. The Morgan fingerprint density at radius 1 is 1.23 bits per heavy atom. The number of aryl methyl sites for hydroxylation is 1. The van der Waals surface area contributed by atoms with E-state index in [4.69, 9.17) is 4.74 Å². The monoisotopic (exact) mass is 296 g/mol. The Morgan fingerprint density at radius 3 is 2.73 bits per heavy atom. The average Bonchev–Trinajstić information content (AvgIpc) is 2.54. The Labute approximate surface area is 130 Å². The van der Waals surface area contributed by atoms with E-state index in [1.165, 1.54) is 0 Å². The van der Waals surface area contributed by atoms with Gasteiger partial charge in [-0.1, -0.05) is 49.4 Å². The quantitative estimate of drug-likeness (QED) is 0.657. The van der Waals surface area contributed by atoms with Crippen LogP contribution in [0.1, 0.15) is 24.0 Å². The molecule has 1 amide bonds. The Bertz CT molecular complexity index is 639. The Kier molecular flexibility index (Phi) is 5.72. The highest BCUT2D eigenvalue weighted by molar-refractivity contribution is 5.78. The molecule has 2 aromatic rings. The third-order valence-corrected chi connectivity index (χ3v) is 3.17. The van der Waals surface area contributed by atoms with E-state index in [1.54, 1.807) is 6.21 Å². The lowest BCUT2D eigenvalue weighted by Gasteiger charge is -2.07. The highest BCUT2D eigenvalue weighted by Crippen LogP contribution is 2.12. The van der Waals surface area contributed by atoms with Crippen LogP contribution < -0.4 is 10.2 Å². The lowest BCUT2D eigenvalue weighted by atomic mass is 10.0. The largest absolute Gasteiger partial charge is 0.484 e. The van der Waals surface area contributed by atoms with Crippen LogP contribution in [0.15, 0.2) is 59.7 Å². The van der Waals surface area contributed by atoms with Crippen LogP contribution in [0.2, 0.25) is 0 Å². The number of carbonyl (C=O) groups excluding carboxylic acids is 1. The summed E-state index contributed by atoms with van der Waals surface area (Å²) in [7, 11) is 0. The first kappa shape index (κ1) is 15.8. The molecule has 0 heterocycles. The minimum atomic E-state index is -0.280. The second-order valence-electron chi connectivity index (χ2n) is 5.12. The molecule has 0 aliphatic heterocycles. The van der Waals surface area contributed by atoms with Gasteiger partial charge in [0.05, 0.1) is 0 Å². The highest BCUT2D eigenvalue weighted by Gasteiger charge is 2.03. The normalized spacial score (nSPS) is 12.1. The first-order chi connectivity index (χ1) is 10.6. The van der Waals surface area contributed by atoms with Crippen molar-refractivity contribution in [2.45, 2.75) is 19.8 Å². The van der Waals surface area contributed by atoms with Gasteiger partial charge in [-0.3, -0.25) is 4.79 Å². The number of benzene rings is 2. The molecular formula is C18H20N2O2. The third kappa shape index (κ3) is 5.05. The second-order valence-corrected chi connectivity index (χ2v) is 5.12. The molecule has 0 unspecified atom stereocenters. The van der Waals surface area contributed by atoms with Gasteiger partial charge in [0, 0.05) is 12.1 Å². The summed E-state index contributed by atoms with van der Waals surface area (Å²) >= 11 is 0. The summed E-state index contributed by atoms with van der Waals surface area (Å²) < 4.78 is 5.40. The van der Waals surface area contributed by atoms with Gasteiger partial charge in [0.2, 0.25) is 0 Å². The zero-order chi connectivity index (χ0) is 15.8. The molecule has 2 aromatic carbocycles. The van der Waals surface area contributed by atoms with Gasteiger partial charge in [-0.25, -0.2) is 5.43 Å². The zero-order valence-electron chi connectivity index (χ0n) is 12.8. The van der Waals surface area contributed by atoms with E-state index < -0.39 is 0 Å². The molecule has 4 nitrogen and oxygen atoms in total. The number of nitrogens with one attached hydrogen (secondary N) is 1. The minimum absolute atomic E-state index is 0.0550. The topological polar surface area (TPSA) is 50.7 Å². The maximum Gasteiger partial charge on any atom is 0.277 e. The second kappa shape index (κ2) is 7.98. The van der Waals surface area contributed by atoms with Crippen molar-refractivity contribution in [1.29, 1.82) is 0 Å². The molecule has 0 aliphatic rings. The van der Waals surface area contributed by atoms with Crippen molar-refractivity contribution >= 4 is 12.1 Å². The van der Waals surface area contributed by atoms with Crippen LogP contribution in [0.5, 0.6) is 5.75 Å². The van der Waals surface area contributed by atoms with E-state index in [9.17, 15) is 4.79 Å². The predicted octanol–water partition coefficient (Wildman–Crippen LogP) is 3.28. The number of amides is 1. The molecule has 2 rings (SSSR count). The molecule has 0 bridgehead atoms. The number of carbonyl (C=O) groups is 1. The molecule has 0 aromatic heterocycles. The fraction of sp³-hybridized carbons (Fsp3) is 0.222. The smallest absolute Gasteiger partial charge is 0.277 e. The molecule has 0 saturated carbocycles. The molecule has 0 spiro atoms. The van der Waals surface area contributed by atoms with Crippen LogP contribution in [-0.4, -0.2) is 18.7 Å². The molecule has 114 valence electrons. The van der Waals surface area contributed by atoms with Crippen LogP contribution in [0.25, 0.3) is 0 Å². The molecule has 0 fully saturated rings. The number of nitrogens with zero attached hydrogens (tertiary/aromatic N) is 1. The van der Waals surface area contributed by atoms with Gasteiger partial charge < -0.3 is 4.74 Å². The van der Waals surface area contributed by atoms with Gasteiger partial charge in [0.15, 0.2) is 6.61 Å². The van der Waals surface area contributed by atoms with Gasteiger partial charge in [-0.2, -0.15) is 5.10 Å². The van der Waals surface area contributed by atoms with Crippen LogP contribution >= 0.6 is 0 Å². The maximum absolute atomic E-state index is 11.7. The van der Waals surface area contributed by atoms with Crippen molar-refractivity contribution in [2.24, 2.45) is 5.10 Å². The number of hydrazone groups is 1. The molecule has 0 saturated heterocycles. The number of hydrogen-bond donors (Lipinski definition) is 1. The van der Waals surface area contributed by atoms with Crippen molar-refractivity contribution in [3.8, 4) is 5.75 Å². The Morgan fingerprint density at radius 2 is 2.00 bits per heavy atom. The molecule has 4 heteroatoms. The number of ether oxygens (including phenoxy) is 1. The van der Waals surface area contributed by atoms with Crippen LogP contribution in [0.4, 0.5) is 0 Å². The van der Waals surface area contributed by atoms with E-state index in [0.29, 0.717) is 5.75 Å². The lowest BCUT2D eigenvalue weighted by Crippen LogP contribution is -2.24. The maximum atomic E-state index is 11.7. The van der Waals surface area contributed by atoms with Gasteiger partial charge in [-0.15, -0.1) is 0 Å². The summed E-state index contributed by atoms with van der Waals surface area (Å²) in [6.07, 6.45) is 1.71. The van der Waals surface area contributed by atoms with E-state index in [0.717, 1.165) is 11.1 Å². The fourth-order valence-electron chi connectivity index (χ4n) is 1.95. The highest BCUT2D eigenvalue weighted by atomic mass is 16.5. The molecular weight excluding hydrogens is 276 g/mol.